The number of fused-ring (bicyclic) bond motifs is 5. The first-order valence-electron chi connectivity index (χ1n) is 8.97. The molecule has 5 heteroatoms. The van der Waals surface area contributed by atoms with Crippen molar-refractivity contribution in [2.24, 2.45) is 22.4 Å². The van der Waals surface area contributed by atoms with Crippen LogP contribution in [0, 0.1) is 17.3 Å². The summed E-state index contributed by atoms with van der Waals surface area (Å²) in [5.74, 6) is 2.53. The number of azide groups is 1. The van der Waals surface area contributed by atoms with Gasteiger partial charge in [0.05, 0.1) is 19.3 Å². The molecule has 0 bridgehead atoms. The third-order valence-corrected chi connectivity index (χ3v) is 7.11. The van der Waals surface area contributed by atoms with Crippen molar-refractivity contribution >= 4 is 0 Å². The van der Waals surface area contributed by atoms with Gasteiger partial charge in [0.15, 0.2) is 0 Å². The normalized spacial score (nSPS) is 40.0. The van der Waals surface area contributed by atoms with Crippen LogP contribution >= 0.6 is 0 Å². The lowest BCUT2D eigenvalue weighted by Gasteiger charge is -2.50. The number of aliphatic hydroxyl groups is 1. The fraction of sp³-hybridized carbons (Fsp3) is 0.684. The number of nitrogens with zero attached hydrogens (tertiary/aromatic N) is 3. The zero-order valence-electron chi connectivity index (χ0n) is 14.4. The fourth-order valence-electron chi connectivity index (χ4n) is 5.85. The molecular formula is C19H25N3O2. The van der Waals surface area contributed by atoms with Gasteiger partial charge in [-0.1, -0.05) is 18.1 Å². The van der Waals surface area contributed by atoms with E-state index in [9.17, 15) is 5.11 Å². The SMILES string of the molecule is COc1ccc2c(c1)CC[C@@H]1[C@@H]2CC[C@]2(C)[C@@H](O)[C@H](N=[N+]=[N-])C[C@@H]12. The minimum absolute atomic E-state index is 0.107. The van der Waals surface area contributed by atoms with E-state index < -0.39 is 6.10 Å². The fourth-order valence-corrected chi connectivity index (χ4v) is 5.85. The molecule has 0 amide bonds. The largest absolute Gasteiger partial charge is 0.497 e. The van der Waals surface area contributed by atoms with Crippen LogP contribution in [0.3, 0.4) is 0 Å². The van der Waals surface area contributed by atoms with Gasteiger partial charge in [-0.3, -0.25) is 0 Å². The van der Waals surface area contributed by atoms with Gasteiger partial charge in [0.25, 0.3) is 0 Å². The number of ether oxygens (including phenoxy) is 1. The monoisotopic (exact) mass is 327 g/mol. The van der Waals surface area contributed by atoms with E-state index in [1.165, 1.54) is 11.1 Å². The van der Waals surface area contributed by atoms with Crippen molar-refractivity contribution in [3.63, 3.8) is 0 Å². The number of hydrogen-bond acceptors (Lipinski definition) is 3. The Hall–Kier alpha value is -1.71. The molecule has 2 saturated carbocycles. The molecule has 1 aromatic rings. The Labute approximate surface area is 142 Å². The molecule has 24 heavy (non-hydrogen) atoms. The van der Waals surface area contributed by atoms with Crippen LogP contribution in [0.5, 0.6) is 5.75 Å². The molecule has 128 valence electrons. The molecule has 0 aliphatic heterocycles. The van der Waals surface area contributed by atoms with E-state index in [0.717, 1.165) is 37.9 Å². The second-order valence-corrected chi connectivity index (χ2v) is 7.98. The smallest absolute Gasteiger partial charge is 0.119 e. The molecule has 3 aliphatic carbocycles. The summed E-state index contributed by atoms with van der Waals surface area (Å²) in [4.78, 5) is 2.97. The lowest BCUT2D eigenvalue weighted by molar-refractivity contribution is -0.0255. The first-order valence-corrected chi connectivity index (χ1v) is 8.97. The van der Waals surface area contributed by atoms with Crippen molar-refractivity contribution in [3.05, 3.63) is 39.8 Å². The van der Waals surface area contributed by atoms with Crippen molar-refractivity contribution in [1.82, 2.24) is 0 Å². The maximum Gasteiger partial charge on any atom is 0.119 e. The van der Waals surface area contributed by atoms with Crippen LogP contribution in [-0.2, 0) is 6.42 Å². The molecule has 4 rings (SSSR count). The third kappa shape index (κ3) is 2.15. The first kappa shape index (κ1) is 15.8. The maximum absolute atomic E-state index is 10.7. The number of hydrogen-bond donors (Lipinski definition) is 1. The molecule has 2 fully saturated rings. The van der Waals surface area contributed by atoms with Gasteiger partial charge < -0.3 is 9.84 Å². The quantitative estimate of drug-likeness (QED) is 0.502. The molecule has 1 N–H and O–H groups in total. The minimum Gasteiger partial charge on any atom is -0.497 e. The zero-order chi connectivity index (χ0) is 16.9. The molecular weight excluding hydrogens is 302 g/mol. The average Bonchev–Trinajstić information content (AvgIpc) is 2.86. The van der Waals surface area contributed by atoms with E-state index in [0.29, 0.717) is 17.8 Å². The topological polar surface area (TPSA) is 78.2 Å². The van der Waals surface area contributed by atoms with Crippen LogP contribution in [0.25, 0.3) is 10.4 Å². The second kappa shape index (κ2) is 5.68. The molecule has 0 heterocycles. The number of benzene rings is 1. The summed E-state index contributed by atoms with van der Waals surface area (Å²) in [6.07, 6.45) is 4.66. The van der Waals surface area contributed by atoms with Gasteiger partial charge in [-0.25, -0.2) is 0 Å². The zero-order valence-corrected chi connectivity index (χ0v) is 14.4. The molecule has 0 spiro atoms. The minimum atomic E-state index is -0.503. The van der Waals surface area contributed by atoms with E-state index in [1.54, 1.807) is 7.11 Å². The number of rotatable bonds is 2. The van der Waals surface area contributed by atoms with Crippen molar-refractivity contribution in [2.75, 3.05) is 7.11 Å². The van der Waals surface area contributed by atoms with Gasteiger partial charge in [0.1, 0.15) is 5.75 Å². The average molecular weight is 327 g/mol. The van der Waals surface area contributed by atoms with Gasteiger partial charge in [-0.15, -0.1) is 0 Å². The standard InChI is InChI=1S/C19H25N3O2/c1-19-8-7-14-13-6-4-12(24-2)9-11(13)3-5-15(14)16(19)10-17(18(19)23)21-22-20/h4,6,9,14-18,23H,3,5,7-8,10H2,1-2H3/t14-,15-,16+,17-,18+,19+/m1/s1. The number of aryl methyl sites for hydroxylation is 1. The highest BCUT2D eigenvalue weighted by Gasteiger charge is 2.57. The van der Waals surface area contributed by atoms with E-state index in [-0.39, 0.29) is 11.5 Å². The van der Waals surface area contributed by atoms with Gasteiger partial charge in [0, 0.05) is 4.91 Å². The summed E-state index contributed by atoms with van der Waals surface area (Å²) < 4.78 is 5.38. The summed E-state index contributed by atoms with van der Waals surface area (Å²) >= 11 is 0. The molecule has 6 atom stereocenters. The Bertz CT molecular complexity index is 700. The molecule has 5 nitrogen and oxygen atoms in total. The van der Waals surface area contributed by atoms with E-state index in [1.807, 2.05) is 0 Å². The van der Waals surface area contributed by atoms with Crippen LogP contribution < -0.4 is 4.74 Å². The molecule has 0 radical (unpaired) electrons. The van der Waals surface area contributed by atoms with Crippen LogP contribution in [-0.4, -0.2) is 24.4 Å². The molecule has 3 aliphatic rings. The predicted octanol–water partition coefficient (Wildman–Crippen LogP) is 4.20. The summed E-state index contributed by atoms with van der Waals surface area (Å²) in [6.45, 7) is 2.20. The highest BCUT2D eigenvalue weighted by atomic mass is 16.5. The Morgan fingerprint density at radius 3 is 2.96 bits per heavy atom. The van der Waals surface area contributed by atoms with Crippen molar-refractivity contribution in [1.29, 1.82) is 0 Å². The van der Waals surface area contributed by atoms with Crippen LogP contribution in [0.1, 0.15) is 49.7 Å². The van der Waals surface area contributed by atoms with E-state index in [2.05, 4.69) is 35.1 Å². The molecule has 0 aromatic heterocycles. The van der Waals surface area contributed by atoms with Crippen LogP contribution in [0.2, 0.25) is 0 Å². The Morgan fingerprint density at radius 2 is 2.21 bits per heavy atom. The highest BCUT2D eigenvalue weighted by Crippen LogP contribution is 2.61. The number of methoxy groups -OCH3 is 1. The summed E-state index contributed by atoms with van der Waals surface area (Å²) in [5, 5.41) is 14.6. The molecule has 0 unspecified atom stereocenters. The van der Waals surface area contributed by atoms with E-state index >= 15 is 0 Å². The Balaban J connectivity index is 1.67. The highest BCUT2D eigenvalue weighted by molar-refractivity contribution is 5.40. The molecule has 1 aromatic carbocycles. The van der Waals surface area contributed by atoms with Crippen molar-refractivity contribution < 1.29 is 9.84 Å². The summed E-state index contributed by atoms with van der Waals surface area (Å²) in [5.41, 5.74) is 11.6. The van der Waals surface area contributed by atoms with Gasteiger partial charge >= 0.3 is 0 Å². The first-order chi connectivity index (χ1) is 11.6. The lowest BCUT2D eigenvalue weighted by atomic mass is 9.55. The predicted molar refractivity (Wildman–Crippen MR) is 91.9 cm³/mol. The van der Waals surface area contributed by atoms with Gasteiger partial charge in [-0.05, 0) is 84.1 Å². The van der Waals surface area contributed by atoms with Crippen molar-refractivity contribution in [3.8, 4) is 5.75 Å². The Morgan fingerprint density at radius 1 is 1.38 bits per heavy atom. The number of aliphatic hydroxyl groups excluding tert-OH is 1. The van der Waals surface area contributed by atoms with Gasteiger partial charge in [-0.2, -0.15) is 0 Å². The summed E-state index contributed by atoms with van der Waals surface area (Å²) in [7, 11) is 1.72. The van der Waals surface area contributed by atoms with Crippen LogP contribution in [0.15, 0.2) is 23.3 Å². The Kier molecular flexibility index (Phi) is 3.74. The lowest BCUT2D eigenvalue weighted by Crippen LogP contribution is -2.44. The van der Waals surface area contributed by atoms with Crippen molar-refractivity contribution in [2.45, 2.75) is 57.1 Å². The third-order valence-electron chi connectivity index (χ3n) is 7.11. The van der Waals surface area contributed by atoms with Gasteiger partial charge in [0.2, 0.25) is 0 Å². The summed E-state index contributed by atoms with van der Waals surface area (Å²) in [6, 6.07) is 6.23. The molecule has 0 saturated heterocycles. The van der Waals surface area contributed by atoms with Crippen LogP contribution in [0.4, 0.5) is 0 Å². The second-order valence-electron chi connectivity index (χ2n) is 7.98. The van der Waals surface area contributed by atoms with E-state index in [4.69, 9.17) is 10.3 Å². The maximum atomic E-state index is 10.7.